The zero-order chi connectivity index (χ0) is 22.6. The first-order valence-corrected chi connectivity index (χ1v) is 12.3. The Kier molecular flexibility index (Phi) is 6.90. The van der Waals surface area contributed by atoms with Gasteiger partial charge in [0.15, 0.2) is 0 Å². The van der Waals surface area contributed by atoms with Crippen molar-refractivity contribution >= 4 is 33.1 Å². The average Bonchev–Trinajstić information content (AvgIpc) is 3.15. The number of hydrogen-bond acceptors (Lipinski definition) is 5. The van der Waals surface area contributed by atoms with Crippen LogP contribution < -0.4 is 9.88 Å². The summed E-state index contributed by atoms with van der Waals surface area (Å²) in [5, 5.41) is 14.2. The third kappa shape index (κ3) is 5.36. The molecule has 1 aromatic heterocycles. The van der Waals surface area contributed by atoms with Crippen LogP contribution in [0, 0.1) is 0 Å². The topological polar surface area (TPSA) is 92.6 Å². The van der Waals surface area contributed by atoms with Crippen molar-refractivity contribution in [3.63, 3.8) is 0 Å². The van der Waals surface area contributed by atoms with Crippen LogP contribution in [0.3, 0.4) is 0 Å². The lowest BCUT2D eigenvalue weighted by molar-refractivity contribution is -0.677. The van der Waals surface area contributed by atoms with Crippen LogP contribution in [0.4, 0.5) is 5.95 Å². The highest BCUT2D eigenvalue weighted by atomic mass is 32.2. The van der Waals surface area contributed by atoms with E-state index >= 15 is 0 Å². The molecule has 32 heavy (non-hydrogen) atoms. The predicted molar refractivity (Wildman–Crippen MR) is 126 cm³/mol. The second-order valence-electron chi connectivity index (χ2n) is 8.07. The molecule has 9 heteroatoms. The van der Waals surface area contributed by atoms with Crippen molar-refractivity contribution in [2.75, 3.05) is 38.0 Å². The number of aromatic amines is 1. The zero-order valence-electron chi connectivity index (χ0n) is 18.2. The molecule has 1 fully saturated rings. The zero-order valence-corrected chi connectivity index (χ0v) is 19.0. The number of aliphatic hydroxyl groups is 1. The van der Waals surface area contributed by atoms with Crippen LogP contribution in [-0.4, -0.2) is 66.5 Å². The van der Waals surface area contributed by atoms with Crippen LogP contribution in [0.2, 0.25) is 0 Å². The van der Waals surface area contributed by atoms with Crippen LogP contribution >= 0.6 is 0 Å². The normalized spacial score (nSPS) is 17.2. The Labute approximate surface area is 188 Å². The van der Waals surface area contributed by atoms with Crippen LogP contribution in [0.5, 0.6) is 0 Å². The van der Waals surface area contributed by atoms with Gasteiger partial charge in [0.1, 0.15) is 17.7 Å². The van der Waals surface area contributed by atoms with Gasteiger partial charge in [-0.1, -0.05) is 42.5 Å². The predicted octanol–water partition coefficient (Wildman–Crippen LogP) is 1.82. The molecule has 3 N–H and O–H groups in total. The molecule has 0 aliphatic carbocycles. The summed E-state index contributed by atoms with van der Waals surface area (Å²) in [6.45, 7) is 4.97. The number of aromatic nitrogens is 2. The van der Waals surface area contributed by atoms with Gasteiger partial charge in [0.25, 0.3) is 0 Å². The number of fused-ring (bicyclic) bond motifs is 1. The summed E-state index contributed by atoms with van der Waals surface area (Å²) in [4.78, 5) is 5.61. The van der Waals surface area contributed by atoms with Crippen molar-refractivity contribution in [3.05, 3.63) is 65.6 Å². The number of piperazine rings is 1. The standard InChI is InChI=1S/C23H29N5O3S/c1-19(29)17-24-23-25-21-9-5-6-10-22(21)28(23)18-26-12-14-27(15-13-26)32(30,31)16-11-20-7-3-2-4-8-20/h2-11,16,19,29H,12-15,17-18H2,1H3,(H,24,25)/p+1/b16-11+/t19-/m0/s1. The molecule has 1 aliphatic rings. The average molecular weight is 457 g/mol. The number of nitrogens with one attached hydrogen (secondary N) is 2. The molecule has 4 rings (SSSR count). The number of aliphatic hydroxyl groups excluding tert-OH is 1. The monoisotopic (exact) mass is 456 g/mol. The summed E-state index contributed by atoms with van der Waals surface area (Å²) in [7, 11) is -3.45. The Hall–Kier alpha value is -2.72. The van der Waals surface area contributed by atoms with E-state index in [1.807, 2.05) is 48.5 Å². The number of hydrogen-bond donors (Lipinski definition) is 3. The van der Waals surface area contributed by atoms with Gasteiger partial charge in [-0.05, 0) is 30.7 Å². The fraction of sp³-hybridized carbons (Fsp3) is 0.348. The minimum Gasteiger partial charge on any atom is -0.390 e. The van der Waals surface area contributed by atoms with Crippen LogP contribution in [0.25, 0.3) is 17.1 Å². The highest BCUT2D eigenvalue weighted by molar-refractivity contribution is 7.92. The Bertz CT molecular complexity index is 1170. The SMILES string of the molecule is C[C@H](O)CNc1[nH]c2ccccc2[n+]1CN1CCN(S(=O)(=O)/C=C/c2ccccc2)CC1. The molecule has 170 valence electrons. The molecule has 0 amide bonds. The molecule has 2 heterocycles. The first kappa shape index (κ1) is 22.5. The van der Waals surface area contributed by atoms with E-state index in [1.54, 1.807) is 13.0 Å². The molecular weight excluding hydrogens is 426 g/mol. The molecule has 0 radical (unpaired) electrons. The molecule has 0 spiro atoms. The van der Waals surface area contributed by atoms with E-state index in [9.17, 15) is 13.5 Å². The van der Waals surface area contributed by atoms with Gasteiger partial charge < -0.3 is 5.11 Å². The number of rotatable bonds is 8. The Balaban J connectivity index is 1.42. The van der Waals surface area contributed by atoms with Gasteiger partial charge in [-0.2, -0.15) is 4.31 Å². The number of H-pyrrole nitrogens is 1. The molecule has 3 aromatic rings. The van der Waals surface area contributed by atoms with Gasteiger partial charge >= 0.3 is 5.95 Å². The summed E-state index contributed by atoms with van der Waals surface area (Å²) in [5.41, 5.74) is 2.93. The van der Waals surface area contributed by atoms with E-state index in [1.165, 1.54) is 9.71 Å². The van der Waals surface area contributed by atoms with E-state index in [0.717, 1.165) is 22.5 Å². The highest BCUT2D eigenvalue weighted by Crippen LogP contribution is 2.15. The quantitative estimate of drug-likeness (QED) is 0.450. The molecule has 1 saturated heterocycles. The summed E-state index contributed by atoms with van der Waals surface area (Å²) in [6.07, 6.45) is 1.18. The third-order valence-electron chi connectivity index (χ3n) is 5.55. The number of imidazole rings is 1. The van der Waals surface area contributed by atoms with E-state index in [2.05, 4.69) is 25.8 Å². The Morgan fingerprint density at radius 1 is 1.09 bits per heavy atom. The maximum Gasteiger partial charge on any atom is 0.357 e. The van der Waals surface area contributed by atoms with Crippen LogP contribution in [0.1, 0.15) is 12.5 Å². The maximum absolute atomic E-state index is 12.7. The molecular formula is C23H30N5O3S+. The van der Waals surface area contributed by atoms with Crippen molar-refractivity contribution in [1.82, 2.24) is 14.2 Å². The van der Waals surface area contributed by atoms with E-state index in [-0.39, 0.29) is 0 Å². The second-order valence-corrected chi connectivity index (χ2v) is 9.88. The fourth-order valence-electron chi connectivity index (χ4n) is 3.80. The van der Waals surface area contributed by atoms with E-state index < -0.39 is 16.1 Å². The molecule has 8 nitrogen and oxygen atoms in total. The van der Waals surface area contributed by atoms with Gasteiger partial charge in [-0.25, -0.2) is 18.0 Å². The first-order chi connectivity index (χ1) is 15.4. The second kappa shape index (κ2) is 9.83. The van der Waals surface area contributed by atoms with Crippen molar-refractivity contribution in [2.45, 2.75) is 19.7 Å². The molecule has 1 atom stereocenters. The molecule has 0 unspecified atom stereocenters. The minimum absolute atomic E-state index is 0.437. The first-order valence-electron chi connectivity index (χ1n) is 10.8. The van der Waals surface area contributed by atoms with Crippen LogP contribution in [0.15, 0.2) is 60.0 Å². The Morgan fingerprint density at radius 3 is 2.50 bits per heavy atom. The van der Waals surface area contributed by atoms with Gasteiger partial charge in [-0.15, -0.1) is 0 Å². The minimum atomic E-state index is -3.45. The van der Waals surface area contributed by atoms with Gasteiger partial charge in [-0.3, -0.25) is 10.2 Å². The summed E-state index contributed by atoms with van der Waals surface area (Å²) in [5.74, 6) is 0.827. The molecule has 0 saturated carbocycles. The van der Waals surface area contributed by atoms with Crippen molar-refractivity contribution < 1.29 is 18.1 Å². The Morgan fingerprint density at radius 2 is 1.78 bits per heavy atom. The summed E-state index contributed by atoms with van der Waals surface area (Å²) < 4.78 is 29.1. The number of sulfonamides is 1. The number of para-hydroxylation sites is 2. The molecule has 0 bridgehead atoms. The lowest BCUT2D eigenvalue weighted by Gasteiger charge is -2.32. The number of benzene rings is 2. The van der Waals surface area contributed by atoms with Crippen LogP contribution in [-0.2, 0) is 16.7 Å². The summed E-state index contributed by atoms with van der Waals surface area (Å²) >= 11 is 0. The van der Waals surface area contributed by atoms with Crippen molar-refractivity contribution in [1.29, 1.82) is 0 Å². The van der Waals surface area contributed by atoms with Crippen molar-refractivity contribution in [3.8, 4) is 0 Å². The lowest BCUT2D eigenvalue weighted by atomic mass is 10.2. The summed E-state index contributed by atoms with van der Waals surface area (Å²) in [6, 6.07) is 17.5. The number of nitrogens with zero attached hydrogens (tertiary/aromatic N) is 3. The van der Waals surface area contributed by atoms with Gasteiger partial charge in [0.2, 0.25) is 10.0 Å². The largest absolute Gasteiger partial charge is 0.390 e. The van der Waals surface area contributed by atoms with E-state index in [4.69, 9.17) is 0 Å². The number of anilines is 1. The smallest absolute Gasteiger partial charge is 0.357 e. The van der Waals surface area contributed by atoms with Gasteiger partial charge in [0, 0.05) is 31.6 Å². The van der Waals surface area contributed by atoms with Crippen molar-refractivity contribution in [2.24, 2.45) is 0 Å². The lowest BCUT2D eigenvalue weighted by Crippen LogP contribution is -2.53. The molecule has 1 aliphatic heterocycles. The van der Waals surface area contributed by atoms with Gasteiger partial charge in [0.05, 0.1) is 12.6 Å². The van der Waals surface area contributed by atoms with E-state index in [0.29, 0.717) is 39.4 Å². The fourth-order valence-corrected chi connectivity index (χ4v) is 4.97. The maximum atomic E-state index is 12.7. The third-order valence-corrected chi connectivity index (χ3v) is 7.11. The highest BCUT2D eigenvalue weighted by Gasteiger charge is 2.27. The molecule has 2 aromatic carbocycles.